The van der Waals surface area contributed by atoms with Crippen LogP contribution in [-0.2, 0) is 9.53 Å². The molecule has 0 bridgehead atoms. The lowest BCUT2D eigenvalue weighted by atomic mass is 9.91. The average Bonchev–Trinajstić information content (AvgIpc) is 2.66. The Morgan fingerprint density at radius 3 is 1.26 bits per heavy atom. The molecule has 0 amide bonds. The van der Waals surface area contributed by atoms with Crippen LogP contribution in [0.3, 0.4) is 0 Å². The zero-order chi connectivity index (χ0) is 20.2. The van der Waals surface area contributed by atoms with Crippen LogP contribution in [0.4, 0.5) is 0 Å². The Hall–Kier alpha value is -0.530. The van der Waals surface area contributed by atoms with E-state index in [0.717, 1.165) is 12.8 Å². The molecule has 0 aliphatic heterocycles. The fourth-order valence-corrected chi connectivity index (χ4v) is 3.84. The van der Waals surface area contributed by atoms with Gasteiger partial charge in [0, 0.05) is 6.42 Å². The minimum absolute atomic E-state index is 0.0309. The first kappa shape index (κ1) is 26.5. The molecule has 0 aliphatic rings. The Labute approximate surface area is 171 Å². The van der Waals surface area contributed by atoms with Gasteiger partial charge in [0.05, 0.1) is 0 Å². The summed E-state index contributed by atoms with van der Waals surface area (Å²) in [6, 6.07) is 0. The number of carbonyl (C=O) groups is 1. The average molecular weight is 383 g/mol. The summed E-state index contributed by atoms with van der Waals surface area (Å²) in [5.74, 6) is -0.0309. The van der Waals surface area contributed by atoms with Gasteiger partial charge in [-0.15, -0.1) is 0 Å². The minimum atomic E-state index is -0.239. The molecular weight excluding hydrogens is 332 g/mol. The van der Waals surface area contributed by atoms with Gasteiger partial charge in [0.15, 0.2) is 0 Å². The van der Waals surface area contributed by atoms with Crippen LogP contribution in [0.15, 0.2) is 0 Å². The van der Waals surface area contributed by atoms with Gasteiger partial charge in [-0.05, 0) is 32.6 Å². The molecule has 2 nitrogen and oxygen atoms in total. The summed E-state index contributed by atoms with van der Waals surface area (Å²) in [6.07, 6.45) is 23.8. The lowest BCUT2D eigenvalue weighted by Crippen LogP contribution is -2.31. The van der Waals surface area contributed by atoms with Crippen molar-refractivity contribution in [3.63, 3.8) is 0 Å². The standard InChI is InChI=1S/C25H50O2/c1-5-8-10-12-14-16-18-20-22-25(4,27-24(26)7-3)23-21-19-17-15-13-11-9-6-2/h5-23H2,1-4H3. The molecule has 0 aromatic heterocycles. The van der Waals surface area contributed by atoms with Crippen molar-refractivity contribution in [2.75, 3.05) is 0 Å². The highest BCUT2D eigenvalue weighted by Gasteiger charge is 2.27. The molecule has 0 rings (SSSR count). The van der Waals surface area contributed by atoms with Crippen molar-refractivity contribution in [3.8, 4) is 0 Å². The Kier molecular flexibility index (Phi) is 18.4. The molecule has 0 radical (unpaired) electrons. The van der Waals surface area contributed by atoms with E-state index in [2.05, 4.69) is 20.8 Å². The van der Waals surface area contributed by atoms with Crippen molar-refractivity contribution in [2.45, 2.75) is 155 Å². The van der Waals surface area contributed by atoms with Gasteiger partial charge < -0.3 is 4.74 Å². The predicted molar refractivity (Wildman–Crippen MR) is 119 cm³/mol. The van der Waals surface area contributed by atoms with Gasteiger partial charge in [-0.2, -0.15) is 0 Å². The Morgan fingerprint density at radius 2 is 0.926 bits per heavy atom. The van der Waals surface area contributed by atoms with E-state index in [1.54, 1.807) is 0 Å². The third kappa shape index (κ3) is 17.3. The molecular formula is C25H50O2. The van der Waals surface area contributed by atoms with Crippen LogP contribution in [0.1, 0.15) is 150 Å². The van der Waals surface area contributed by atoms with Crippen molar-refractivity contribution >= 4 is 5.97 Å². The fourth-order valence-electron chi connectivity index (χ4n) is 3.84. The normalized spacial score (nSPS) is 11.7. The van der Waals surface area contributed by atoms with Gasteiger partial charge in [0.25, 0.3) is 0 Å². The van der Waals surface area contributed by atoms with Gasteiger partial charge in [0.1, 0.15) is 5.60 Å². The maximum Gasteiger partial charge on any atom is 0.306 e. The SMILES string of the molecule is CCCCCCCCCCC(C)(CCCCCCCCCC)OC(=O)CC. The summed E-state index contributed by atoms with van der Waals surface area (Å²) in [7, 11) is 0. The zero-order valence-corrected chi connectivity index (χ0v) is 19.3. The minimum Gasteiger partial charge on any atom is -0.459 e. The maximum atomic E-state index is 11.9. The Bertz CT molecular complexity index is 304. The fraction of sp³-hybridized carbons (Fsp3) is 0.960. The summed E-state index contributed by atoms with van der Waals surface area (Å²) in [5, 5.41) is 0. The highest BCUT2D eigenvalue weighted by atomic mass is 16.6. The molecule has 0 saturated carbocycles. The number of hydrogen-bond donors (Lipinski definition) is 0. The van der Waals surface area contributed by atoms with Crippen LogP contribution < -0.4 is 0 Å². The van der Waals surface area contributed by atoms with Gasteiger partial charge in [0.2, 0.25) is 0 Å². The number of hydrogen-bond acceptors (Lipinski definition) is 2. The third-order valence-corrected chi connectivity index (χ3v) is 5.77. The van der Waals surface area contributed by atoms with E-state index in [1.165, 1.54) is 103 Å². The molecule has 0 fully saturated rings. The Balaban J connectivity index is 3.96. The molecule has 0 atom stereocenters. The quantitative estimate of drug-likeness (QED) is 0.155. The summed E-state index contributed by atoms with van der Waals surface area (Å²) >= 11 is 0. The predicted octanol–water partition coefficient (Wildman–Crippen LogP) is 8.76. The van der Waals surface area contributed by atoms with Crippen LogP contribution in [0.5, 0.6) is 0 Å². The lowest BCUT2D eigenvalue weighted by Gasteiger charge is -2.30. The summed E-state index contributed by atoms with van der Waals surface area (Å²) < 4.78 is 5.87. The maximum absolute atomic E-state index is 11.9. The van der Waals surface area contributed by atoms with E-state index in [4.69, 9.17) is 4.74 Å². The monoisotopic (exact) mass is 382 g/mol. The van der Waals surface area contributed by atoms with Gasteiger partial charge in [-0.25, -0.2) is 0 Å². The summed E-state index contributed by atoms with van der Waals surface area (Å²) in [6.45, 7) is 8.61. The molecule has 0 spiro atoms. The first-order valence-electron chi connectivity index (χ1n) is 12.3. The highest BCUT2D eigenvalue weighted by Crippen LogP contribution is 2.27. The van der Waals surface area contributed by atoms with E-state index >= 15 is 0 Å². The van der Waals surface area contributed by atoms with Gasteiger partial charge in [-0.1, -0.05) is 111 Å². The van der Waals surface area contributed by atoms with Crippen molar-refractivity contribution in [1.82, 2.24) is 0 Å². The van der Waals surface area contributed by atoms with E-state index in [9.17, 15) is 4.79 Å². The Morgan fingerprint density at radius 1 is 0.593 bits per heavy atom. The molecule has 2 heteroatoms. The van der Waals surface area contributed by atoms with Crippen LogP contribution in [0.2, 0.25) is 0 Å². The highest BCUT2D eigenvalue weighted by molar-refractivity contribution is 5.69. The van der Waals surface area contributed by atoms with E-state index in [0.29, 0.717) is 6.42 Å². The molecule has 162 valence electrons. The molecule has 0 aromatic rings. The summed E-state index contributed by atoms with van der Waals surface area (Å²) in [4.78, 5) is 11.9. The largest absolute Gasteiger partial charge is 0.459 e. The van der Waals surface area contributed by atoms with Crippen molar-refractivity contribution in [1.29, 1.82) is 0 Å². The number of unbranched alkanes of at least 4 members (excludes halogenated alkanes) is 14. The van der Waals surface area contributed by atoms with Crippen molar-refractivity contribution in [3.05, 3.63) is 0 Å². The van der Waals surface area contributed by atoms with Crippen LogP contribution in [0, 0.1) is 0 Å². The van der Waals surface area contributed by atoms with Crippen molar-refractivity contribution < 1.29 is 9.53 Å². The number of ether oxygens (including phenoxy) is 1. The van der Waals surface area contributed by atoms with Crippen molar-refractivity contribution in [2.24, 2.45) is 0 Å². The first-order chi connectivity index (χ1) is 13.1. The molecule has 0 heterocycles. The topological polar surface area (TPSA) is 26.3 Å². The van der Waals surface area contributed by atoms with E-state index in [-0.39, 0.29) is 11.6 Å². The first-order valence-corrected chi connectivity index (χ1v) is 12.3. The second-order valence-corrected chi connectivity index (χ2v) is 8.73. The zero-order valence-electron chi connectivity index (χ0n) is 19.3. The van der Waals surface area contributed by atoms with Crippen LogP contribution in [0.25, 0.3) is 0 Å². The van der Waals surface area contributed by atoms with E-state index in [1.807, 2.05) is 6.92 Å². The van der Waals surface area contributed by atoms with Crippen LogP contribution >= 0.6 is 0 Å². The number of esters is 1. The van der Waals surface area contributed by atoms with Gasteiger partial charge >= 0.3 is 5.97 Å². The van der Waals surface area contributed by atoms with E-state index < -0.39 is 0 Å². The lowest BCUT2D eigenvalue weighted by molar-refractivity contribution is -0.159. The second kappa shape index (κ2) is 18.8. The van der Waals surface area contributed by atoms with Gasteiger partial charge in [-0.3, -0.25) is 4.79 Å². The second-order valence-electron chi connectivity index (χ2n) is 8.73. The molecule has 0 N–H and O–H groups in total. The number of carbonyl (C=O) groups excluding carboxylic acids is 1. The molecule has 0 unspecified atom stereocenters. The summed E-state index contributed by atoms with van der Waals surface area (Å²) in [5.41, 5.74) is -0.239. The molecule has 27 heavy (non-hydrogen) atoms. The molecule has 0 aromatic carbocycles. The molecule has 0 saturated heterocycles. The third-order valence-electron chi connectivity index (χ3n) is 5.77. The number of rotatable bonds is 20. The smallest absolute Gasteiger partial charge is 0.306 e. The van der Waals surface area contributed by atoms with Crippen LogP contribution in [-0.4, -0.2) is 11.6 Å². The molecule has 0 aliphatic carbocycles.